The lowest BCUT2D eigenvalue weighted by Crippen LogP contribution is -1.91. The van der Waals surface area contributed by atoms with Gasteiger partial charge in [-0.15, -0.1) is 0 Å². The van der Waals surface area contributed by atoms with Gasteiger partial charge in [0.25, 0.3) is 0 Å². The van der Waals surface area contributed by atoms with Crippen molar-refractivity contribution in [2.24, 2.45) is 0 Å². The number of methoxy groups -OCH3 is 1. The highest BCUT2D eigenvalue weighted by atomic mass is 16.5. The van der Waals surface area contributed by atoms with Crippen LogP contribution in [0.15, 0.2) is 23.3 Å². The summed E-state index contributed by atoms with van der Waals surface area (Å²) in [5.74, 6) is 0.863. The molecule has 6 heteroatoms. The molecule has 0 aliphatic rings. The van der Waals surface area contributed by atoms with Crippen molar-refractivity contribution in [1.29, 1.82) is 0 Å². The third-order valence-electron chi connectivity index (χ3n) is 1.43. The van der Waals surface area contributed by atoms with Crippen LogP contribution in [0.5, 0.6) is 5.88 Å². The Morgan fingerprint density at radius 3 is 2.69 bits per heavy atom. The van der Waals surface area contributed by atoms with Crippen molar-refractivity contribution < 1.29 is 9.26 Å². The number of hydrogen-bond acceptors (Lipinski definition) is 6. The van der Waals surface area contributed by atoms with E-state index in [-0.39, 0.29) is 0 Å². The van der Waals surface area contributed by atoms with Crippen LogP contribution in [0, 0.1) is 0 Å². The number of ether oxygens (including phenoxy) is 1. The van der Waals surface area contributed by atoms with Crippen LogP contribution in [0.4, 0.5) is 0 Å². The molecule has 0 unspecified atom stereocenters. The molecule has 0 bridgehead atoms. The van der Waals surface area contributed by atoms with Crippen LogP contribution in [0.3, 0.4) is 0 Å². The third kappa shape index (κ3) is 1.46. The normalized spacial score (nSPS) is 9.92. The zero-order chi connectivity index (χ0) is 9.10. The maximum atomic E-state index is 4.85. The lowest BCUT2D eigenvalue weighted by molar-refractivity contribution is 0.395. The molecular formula is C7H6N4O2. The van der Waals surface area contributed by atoms with Crippen molar-refractivity contribution in [3.05, 3.63) is 18.8 Å². The second-order valence-corrected chi connectivity index (χ2v) is 2.20. The fraction of sp³-hybridized carbons (Fsp3) is 0.143. The quantitative estimate of drug-likeness (QED) is 0.667. The van der Waals surface area contributed by atoms with E-state index in [4.69, 9.17) is 4.74 Å². The van der Waals surface area contributed by atoms with Gasteiger partial charge in [0, 0.05) is 0 Å². The van der Waals surface area contributed by atoms with E-state index < -0.39 is 0 Å². The molecule has 0 fully saturated rings. The highest BCUT2D eigenvalue weighted by Gasteiger charge is 2.04. The number of hydrogen-bond donors (Lipinski definition) is 0. The zero-order valence-corrected chi connectivity index (χ0v) is 6.84. The van der Waals surface area contributed by atoms with Gasteiger partial charge in [-0.1, -0.05) is 5.16 Å². The van der Waals surface area contributed by atoms with Gasteiger partial charge in [-0.3, -0.25) is 0 Å². The summed E-state index contributed by atoms with van der Waals surface area (Å²) in [6, 6.07) is 0. The van der Waals surface area contributed by atoms with Crippen molar-refractivity contribution in [1.82, 2.24) is 20.1 Å². The summed E-state index contributed by atoms with van der Waals surface area (Å²) in [6.45, 7) is 0. The maximum Gasteiger partial charge on any atom is 0.232 e. The lowest BCUT2D eigenvalue weighted by atomic mass is 10.4. The van der Waals surface area contributed by atoms with Crippen LogP contribution in [0.25, 0.3) is 11.5 Å². The molecule has 0 atom stereocenters. The van der Waals surface area contributed by atoms with Crippen LogP contribution in [-0.2, 0) is 0 Å². The van der Waals surface area contributed by atoms with Crippen molar-refractivity contribution in [3.8, 4) is 17.4 Å². The molecule has 0 aromatic carbocycles. The van der Waals surface area contributed by atoms with E-state index in [2.05, 4.69) is 24.6 Å². The van der Waals surface area contributed by atoms with E-state index in [0.29, 0.717) is 17.4 Å². The second-order valence-electron chi connectivity index (χ2n) is 2.20. The first-order valence-electron chi connectivity index (χ1n) is 3.53. The van der Waals surface area contributed by atoms with Crippen LogP contribution < -0.4 is 4.74 Å². The first kappa shape index (κ1) is 7.66. The second kappa shape index (κ2) is 3.18. The van der Waals surface area contributed by atoms with Crippen molar-refractivity contribution in [2.75, 3.05) is 7.11 Å². The fourth-order valence-corrected chi connectivity index (χ4v) is 0.821. The van der Waals surface area contributed by atoms with Crippen molar-refractivity contribution >= 4 is 0 Å². The molecule has 0 N–H and O–H groups in total. The average molecular weight is 178 g/mol. The summed E-state index contributed by atoms with van der Waals surface area (Å²) in [6.07, 6.45) is 4.25. The molecule has 0 aliphatic carbocycles. The van der Waals surface area contributed by atoms with E-state index >= 15 is 0 Å². The minimum Gasteiger partial charge on any atom is -0.480 e. The molecule has 0 spiro atoms. The molecule has 13 heavy (non-hydrogen) atoms. The summed E-state index contributed by atoms with van der Waals surface area (Å²) in [5, 5.41) is 3.61. The van der Waals surface area contributed by atoms with Crippen molar-refractivity contribution in [2.45, 2.75) is 0 Å². The van der Waals surface area contributed by atoms with Gasteiger partial charge in [0.1, 0.15) is 5.69 Å². The fourth-order valence-electron chi connectivity index (χ4n) is 0.821. The SMILES string of the molecule is COc1cnc(-c2ncon2)cn1. The first-order chi connectivity index (χ1) is 6.40. The topological polar surface area (TPSA) is 73.9 Å². The van der Waals surface area contributed by atoms with Crippen LogP contribution >= 0.6 is 0 Å². The van der Waals surface area contributed by atoms with Gasteiger partial charge in [0.05, 0.1) is 19.5 Å². The summed E-state index contributed by atoms with van der Waals surface area (Å²) < 4.78 is 9.41. The Hall–Kier alpha value is -1.98. The van der Waals surface area contributed by atoms with Crippen LogP contribution in [-0.4, -0.2) is 27.2 Å². The van der Waals surface area contributed by atoms with Crippen molar-refractivity contribution in [3.63, 3.8) is 0 Å². The smallest absolute Gasteiger partial charge is 0.232 e. The average Bonchev–Trinajstić information content (AvgIpc) is 2.71. The van der Waals surface area contributed by atoms with E-state index in [1.54, 1.807) is 0 Å². The number of nitrogens with zero attached hydrogens (tertiary/aromatic N) is 4. The molecule has 0 saturated carbocycles. The van der Waals surface area contributed by atoms with Gasteiger partial charge in [0.15, 0.2) is 0 Å². The predicted octanol–water partition coefficient (Wildman–Crippen LogP) is 0.535. The summed E-state index contributed by atoms with van der Waals surface area (Å²) in [4.78, 5) is 11.8. The Balaban J connectivity index is 2.33. The van der Waals surface area contributed by atoms with Gasteiger partial charge in [-0.2, -0.15) is 4.98 Å². The molecule has 2 rings (SSSR count). The van der Waals surface area contributed by atoms with Gasteiger partial charge in [-0.05, 0) is 0 Å². The molecule has 2 aromatic rings. The van der Waals surface area contributed by atoms with Gasteiger partial charge in [-0.25, -0.2) is 9.97 Å². The Bertz CT molecular complexity index is 370. The standard InChI is InChI=1S/C7H6N4O2/c1-12-6-3-8-5(2-9-6)7-10-4-13-11-7/h2-4H,1H3. The number of aromatic nitrogens is 4. The zero-order valence-electron chi connectivity index (χ0n) is 6.84. The molecule has 2 heterocycles. The molecule has 6 nitrogen and oxygen atoms in total. The van der Waals surface area contributed by atoms with E-state index in [1.165, 1.54) is 25.9 Å². The number of rotatable bonds is 2. The third-order valence-corrected chi connectivity index (χ3v) is 1.43. The predicted molar refractivity (Wildman–Crippen MR) is 41.9 cm³/mol. The lowest BCUT2D eigenvalue weighted by Gasteiger charge is -1.96. The van der Waals surface area contributed by atoms with Crippen LogP contribution in [0.2, 0.25) is 0 Å². The Morgan fingerprint density at radius 1 is 1.23 bits per heavy atom. The van der Waals surface area contributed by atoms with Gasteiger partial charge >= 0.3 is 0 Å². The molecule has 0 amide bonds. The molecule has 2 aromatic heterocycles. The highest BCUT2D eigenvalue weighted by Crippen LogP contribution is 2.11. The Morgan fingerprint density at radius 2 is 2.15 bits per heavy atom. The minimum atomic E-state index is 0.412. The molecule has 0 aliphatic heterocycles. The molecule has 0 saturated heterocycles. The monoisotopic (exact) mass is 178 g/mol. The molecule has 0 radical (unpaired) electrons. The van der Waals surface area contributed by atoms with Gasteiger partial charge in [0.2, 0.25) is 18.1 Å². The molecule has 66 valence electrons. The van der Waals surface area contributed by atoms with E-state index in [1.807, 2.05) is 0 Å². The molecular weight excluding hydrogens is 172 g/mol. The largest absolute Gasteiger partial charge is 0.480 e. The Kier molecular flexibility index (Phi) is 1.87. The first-order valence-corrected chi connectivity index (χ1v) is 3.53. The van der Waals surface area contributed by atoms with Crippen LogP contribution in [0.1, 0.15) is 0 Å². The maximum absolute atomic E-state index is 4.85. The Labute approximate surface area is 73.6 Å². The van der Waals surface area contributed by atoms with E-state index in [9.17, 15) is 0 Å². The highest BCUT2D eigenvalue weighted by molar-refractivity contribution is 5.45. The van der Waals surface area contributed by atoms with E-state index in [0.717, 1.165) is 0 Å². The minimum absolute atomic E-state index is 0.412. The summed E-state index contributed by atoms with van der Waals surface area (Å²) in [5.41, 5.74) is 0.551. The summed E-state index contributed by atoms with van der Waals surface area (Å²) >= 11 is 0. The van der Waals surface area contributed by atoms with Gasteiger partial charge < -0.3 is 9.26 Å². The summed E-state index contributed by atoms with van der Waals surface area (Å²) in [7, 11) is 1.53.